The summed E-state index contributed by atoms with van der Waals surface area (Å²) in [4.78, 5) is 45.9. The van der Waals surface area contributed by atoms with Crippen molar-refractivity contribution in [1.29, 1.82) is 0 Å². The van der Waals surface area contributed by atoms with Gasteiger partial charge >= 0.3 is 12.0 Å². The van der Waals surface area contributed by atoms with Gasteiger partial charge in [0.1, 0.15) is 11.5 Å². The number of aryl methyl sites for hydroxylation is 1. The fourth-order valence-corrected chi connectivity index (χ4v) is 4.32. The summed E-state index contributed by atoms with van der Waals surface area (Å²) in [6.45, 7) is 5.08. The first kappa shape index (κ1) is 29.6. The first-order chi connectivity index (χ1) is 18.5. The fraction of sp³-hybridized carbons (Fsp3) is 0.393. The molecule has 3 amide bonds. The predicted octanol–water partition coefficient (Wildman–Crippen LogP) is 5.08. The standard InChI is InChI=1S/C28H33N5O5.ClH/c1-4-6-8-25-29-17-22(32(25)18-20-9-11-21(12-10-20)27(35)37-3)16-24-26(34)31(15-7-5-2)28(36)33(24)19-23-13-14-30-38-23;/h9-14,16-17H,4-8,15,18-19H2,1-3H3;1H/b24-16-;. The summed E-state index contributed by atoms with van der Waals surface area (Å²) in [5, 5.41) is 3.73. The maximum atomic E-state index is 13.4. The number of esters is 1. The Labute approximate surface area is 234 Å². The number of halogens is 1. The van der Waals surface area contributed by atoms with Crippen LogP contribution < -0.4 is 0 Å². The van der Waals surface area contributed by atoms with Gasteiger partial charge in [-0.15, -0.1) is 12.4 Å². The average Bonchev–Trinajstić information content (AvgIpc) is 3.63. The molecule has 0 spiro atoms. The highest BCUT2D eigenvalue weighted by molar-refractivity contribution is 6.13. The molecule has 39 heavy (non-hydrogen) atoms. The monoisotopic (exact) mass is 555 g/mol. The zero-order valence-corrected chi connectivity index (χ0v) is 23.3. The summed E-state index contributed by atoms with van der Waals surface area (Å²) in [7, 11) is 1.35. The highest BCUT2D eigenvalue weighted by atomic mass is 35.5. The maximum Gasteiger partial charge on any atom is 0.337 e. The number of urea groups is 1. The smallest absolute Gasteiger partial charge is 0.337 e. The Morgan fingerprint density at radius 1 is 1.03 bits per heavy atom. The molecule has 0 atom stereocenters. The van der Waals surface area contributed by atoms with E-state index in [1.807, 2.05) is 19.1 Å². The number of carbonyl (C=O) groups is 3. The van der Waals surface area contributed by atoms with Gasteiger partial charge in [-0.3, -0.25) is 14.6 Å². The lowest BCUT2D eigenvalue weighted by molar-refractivity contribution is -0.123. The fourth-order valence-electron chi connectivity index (χ4n) is 4.32. The lowest BCUT2D eigenvalue weighted by atomic mass is 10.1. The third-order valence-electron chi connectivity index (χ3n) is 6.48. The van der Waals surface area contributed by atoms with E-state index in [0.717, 1.165) is 43.5 Å². The molecular formula is C28H34ClN5O5. The second kappa shape index (κ2) is 13.7. The van der Waals surface area contributed by atoms with Crippen LogP contribution in [0.1, 0.15) is 72.7 Å². The van der Waals surface area contributed by atoms with Gasteiger partial charge in [0.2, 0.25) is 0 Å². The molecule has 3 aromatic rings. The van der Waals surface area contributed by atoms with Crippen LogP contribution in [0.3, 0.4) is 0 Å². The number of rotatable bonds is 12. The molecule has 1 aromatic carbocycles. The van der Waals surface area contributed by atoms with Crippen LogP contribution in [0.15, 0.2) is 52.9 Å². The highest BCUT2D eigenvalue weighted by Crippen LogP contribution is 2.27. The Morgan fingerprint density at radius 2 is 1.77 bits per heavy atom. The molecule has 11 heteroatoms. The van der Waals surface area contributed by atoms with Crippen LogP contribution in [-0.4, -0.2) is 56.1 Å². The summed E-state index contributed by atoms with van der Waals surface area (Å²) in [6.07, 6.45) is 9.32. The summed E-state index contributed by atoms with van der Waals surface area (Å²) in [6, 6.07) is 8.51. The van der Waals surface area contributed by atoms with Crippen LogP contribution in [0.2, 0.25) is 0 Å². The summed E-state index contributed by atoms with van der Waals surface area (Å²) in [5.74, 6) is 0.639. The number of hydrogen-bond acceptors (Lipinski definition) is 7. The molecule has 4 rings (SSSR count). The molecular weight excluding hydrogens is 522 g/mol. The number of carbonyl (C=O) groups excluding carboxylic acids is 3. The van der Waals surface area contributed by atoms with Crippen LogP contribution in [0.5, 0.6) is 0 Å². The topological polar surface area (TPSA) is 111 Å². The van der Waals surface area contributed by atoms with Gasteiger partial charge in [0.05, 0.1) is 37.3 Å². The second-order valence-corrected chi connectivity index (χ2v) is 9.16. The lowest BCUT2D eigenvalue weighted by Gasteiger charge is -2.16. The Kier molecular flexibility index (Phi) is 10.4. The van der Waals surface area contributed by atoms with Gasteiger partial charge in [-0.2, -0.15) is 0 Å². The van der Waals surface area contributed by atoms with Crippen molar-refractivity contribution in [2.45, 2.75) is 59.0 Å². The number of hydrogen-bond donors (Lipinski definition) is 0. The first-order valence-corrected chi connectivity index (χ1v) is 12.9. The number of benzene rings is 1. The van der Waals surface area contributed by atoms with Crippen molar-refractivity contribution in [3.63, 3.8) is 0 Å². The van der Waals surface area contributed by atoms with E-state index in [9.17, 15) is 14.4 Å². The van der Waals surface area contributed by atoms with Crippen molar-refractivity contribution >= 4 is 36.4 Å². The third-order valence-corrected chi connectivity index (χ3v) is 6.48. The van der Waals surface area contributed by atoms with Crippen molar-refractivity contribution in [2.24, 2.45) is 0 Å². The molecule has 10 nitrogen and oxygen atoms in total. The normalized spacial score (nSPS) is 14.3. The van der Waals surface area contributed by atoms with Crippen molar-refractivity contribution in [1.82, 2.24) is 24.5 Å². The number of amides is 3. The summed E-state index contributed by atoms with van der Waals surface area (Å²) in [5.41, 5.74) is 2.42. The number of methoxy groups -OCH3 is 1. The number of unbranched alkanes of at least 4 members (excludes halogenated alkanes) is 2. The molecule has 2 aromatic heterocycles. The number of aromatic nitrogens is 3. The van der Waals surface area contributed by atoms with Crippen molar-refractivity contribution in [3.8, 4) is 0 Å². The largest absolute Gasteiger partial charge is 0.465 e. The van der Waals surface area contributed by atoms with E-state index in [-0.39, 0.29) is 36.6 Å². The van der Waals surface area contributed by atoms with E-state index in [1.165, 1.54) is 23.1 Å². The van der Waals surface area contributed by atoms with Crippen LogP contribution in [0.4, 0.5) is 4.79 Å². The molecule has 0 N–H and O–H groups in total. The molecule has 0 saturated carbocycles. The quantitative estimate of drug-likeness (QED) is 0.174. The summed E-state index contributed by atoms with van der Waals surface area (Å²) < 4.78 is 12.1. The number of imidazole rings is 1. The van der Waals surface area contributed by atoms with E-state index < -0.39 is 5.97 Å². The maximum absolute atomic E-state index is 13.4. The summed E-state index contributed by atoms with van der Waals surface area (Å²) >= 11 is 0. The molecule has 1 saturated heterocycles. The van der Waals surface area contributed by atoms with Crippen LogP contribution in [-0.2, 0) is 29.0 Å². The lowest BCUT2D eigenvalue weighted by Crippen LogP contribution is -2.33. The molecule has 3 heterocycles. The van der Waals surface area contributed by atoms with Crippen LogP contribution in [0, 0.1) is 0 Å². The SMILES string of the molecule is CCCCc1ncc(/C=C2/C(=O)N(CCCC)C(=O)N2Cc2ccno2)n1Cc1ccc(C(=O)OC)cc1.Cl. The highest BCUT2D eigenvalue weighted by Gasteiger charge is 2.41. The van der Waals surface area contributed by atoms with E-state index in [4.69, 9.17) is 9.26 Å². The van der Waals surface area contributed by atoms with E-state index >= 15 is 0 Å². The molecule has 0 aliphatic carbocycles. The minimum absolute atomic E-state index is 0. The Balaban J connectivity index is 0.00000420. The van der Waals surface area contributed by atoms with E-state index in [0.29, 0.717) is 30.1 Å². The Hall–Kier alpha value is -3.92. The van der Waals surface area contributed by atoms with Gasteiger partial charge in [0, 0.05) is 25.6 Å². The van der Waals surface area contributed by atoms with Gasteiger partial charge in [-0.1, -0.05) is 44.0 Å². The van der Waals surface area contributed by atoms with Gasteiger partial charge in [0.25, 0.3) is 5.91 Å². The van der Waals surface area contributed by atoms with Crippen LogP contribution in [0.25, 0.3) is 6.08 Å². The molecule has 1 aliphatic heterocycles. The van der Waals surface area contributed by atoms with Gasteiger partial charge in [-0.25, -0.2) is 14.6 Å². The predicted molar refractivity (Wildman–Crippen MR) is 147 cm³/mol. The molecule has 1 aliphatic rings. The molecule has 1 fully saturated rings. The van der Waals surface area contributed by atoms with Crippen molar-refractivity contribution < 1.29 is 23.6 Å². The average molecular weight is 556 g/mol. The van der Waals surface area contributed by atoms with E-state index in [2.05, 4.69) is 21.6 Å². The zero-order valence-electron chi connectivity index (χ0n) is 22.5. The molecule has 0 bridgehead atoms. The number of nitrogens with zero attached hydrogens (tertiary/aromatic N) is 5. The number of imide groups is 1. The minimum atomic E-state index is -0.392. The van der Waals surface area contributed by atoms with Gasteiger partial charge in [-0.05, 0) is 36.6 Å². The number of ether oxygens (including phenoxy) is 1. The van der Waals surface area contributed by atoms with Gasteiger partial charge in [0.15, 0.2) is 5.76 Å². The Morgan fingerprint density at radius 3 is 2.41 bits per heavy atom. The third kappa shape index (κ3) is 6.75. The molecule has 0 radical (unpaired) electrons. The Bertz CT molecular complexity index is 1300. The minimum Gasteiger partial charge on any atom is -0.465 e. The van der Waals surface area contributed by atoms with Gasteiger partial charge < -0.3 is 13.8 Å². The molecule has 208 valence electrons. The molecule has 0 unspecified atom stereocenters. The van der Waals surface area contributed by atoms with Crippen molar-refractivity contribution in [3.05, 3.63) is 76.8 Å². The van der Waals surface area contributed by atoms with Crippen LogP contribution >= 0.6 is 12.4 Å². The van der Waals surface area contributed by atoms with E-state index in [1.54, 1.807) is 30.5 Å². The second-order valence-electron chi connectivity index (χ2n) is 9.16. The zero-order chi connectivity index (χ0) is 27.1. The first-order valence-electron chi connectivity index (χ1n) is 12.9. The van der Waals surface area contributed by atoms with Crippen molar-refractivity contribution in [2.75, 3.05) is 13.7 Å².